The quantitative estimate of drug-likeness (QED) is 0.812. The van der Waals surface area contributed by atoms with Crippen LogP contribution in [-0.2, 0) is 15.0 Å². The number of nitrogens with zero attached hydrogens (tertiary/aromatic N) is 2. The first-order chi connectivity index (χ1) is 13.2. The van der Waals surface area contributed by atoms with Gasteiger partial charge in [0.25, 0.3) is 5.91 Å². The third-order valence-electron chi connectivity index (χ3n) is 5.02. The summed E-state index contributed by atoms with van der Waals surface area (Å²) in [5.74, 6) is 0.749. The number of rotatable bonds is 6. The molecule has 0 unspecified atom stereocenters. The maximum absolute atomic E-state index is 12.8. The zero-order valence-corrected chi connectivity index (χ0v) is 18.0. The first-order valence-corrected chi connectivity index (χ1v) is 10.3. The molecule has 0 spiro atoms. The van der Waals surface area contributed by atoms with Crippen LogP contribution in [0.3, 0.4) is 0 Å². The van der Waals surface area contributed by atoms with Gasteiger partial charge in [-0.25, -0.2) is 0 Å². The number of amides is 2. The topological polar surface area (TPSA) is 61.9 Å². The Bertz CT molecular complexity index is 652. The molecule has 0 bridgehead atoms. The minimum absolute atomic E-state index is 0.000224. The number of nitrogens with one attached hydrogen (secondary N) is 1. The Morgan fingerprint density at radius 3 is 2.39 bits per heavy atom. The molecule has 1 heterocycles. The summed E-state index contributed by atoms with van der Waals surface area (Å²) in [6.07, 6.45) is 0.327. The van der Waals surface area contributed by atoms with Crippen molar-refractivity contribution in [3.05, 3.63) is 29.8 Å². The predicted octanol–water partition coefficient (Wildman–Crippen LogP) is 2.42. The van der Waals surface area contributed by atoms with Crippen LogP contribution in [0.15, 0.2) is 24.3 Å². The highest BCUT2D eigenvalue weighted by Gasteiger charge is 2.25. The van der Waals surface area contributed by atoms with Crippen LogP contribution in [0, 0.1) is 0 Å². The third kappa shape index (κ3) is 6.51. The fraction of sp³-hybridized carbons (Fsp3) is 0.636. The minimum atomic E-state index is -0.532. The van der Waals surface area contributed by atoms with Gasteiger partial charge in [0.2, 0.25) is 5.91 Å². The summed E-state index contributed by atoms with van der Waals surface area (Å²) < 4.78 is 5.89. The van der Waals surface area contributed by atoms with E-state index in [0.29, 0.717) is 38.5 Å². The predicted molar refractivity (Wildman–Crippen MR) is 112 cm³/mol. The van der Waals surface area contributed by atoms with Gasteiger partial charge in [-0.1, -0.05) is 32.9 Å². The molecule has 6 nitrogen and oxygen atoms in total. The van der Waals surface area contributed by atoms with E-state index in [9.17, 15) is 9.59 Å². The summed E-state index contributed by atoms with van der Waals surface area (Å²) >= 11 is 0. The van der Waals surface area contributed by atoms with Crippen molar-refractivity contribution in [2.24, 2.45) is 0 Å². The van der Waals surface area contributed by atoms with E-state index in [0.717, 1.165) is 13.0 Å². The highest BCUT2D eigenvalue weighted by Crippen LogP contribution is 2.24. The molecular weight excluding hydrogens is 354 g/mol. The number of likely N-dealkylation sites (N-methyl/N-ethyl adjacent to an activating group) is 1. The molecule has 1 atom stereocenters. The van der Waals surface area contributed by atoms with Gasteiger partial charge in [-0.05, 0) is 43.4 Å². The van der Waals surface area contributed by atoms with E-state index in [2.05, 4.69) is 43.1 Å². The Hall–Kier alpha value is -2.08. The number of hydrogen-bond acceptors (Lipinski definition) is 4. The lowest BCUT2D eigenvalue weighted by Gasteiger charge is -2.25. The molecule has 1 saturated heterocycles. The summed E-state index contributed by atoms with van der Waals surface area (Å²) in [5, 5.41) is 2.82. The van der Waals surface area contributed by atoms with Crippen molar-refractivity contribution in [3.8, 4) is 5.75 Å². The molecule has 1 aromatic carbocycles. The average Bonchev–Trinajstić information content (AvgIpc) is 2.86. The van der Waals surface area contributed by atoms with Gasteiger partial charge >= 0.3 is 0 Å². The van der Waals surface area contributed by atoms with Crippen molar-refractivity contribution in [1.82, 2.24) is 15.1 Å². The zero-order chi connectivity index (χ0) is 20.7. The Kier molecular flexibility index (Phi) is 7.87. The summed E-state index contributed by atoms with van der Waals surface area (Å²) in [6, 6.07) is 7.97. The molecule has 0 saturated carbocycles. The molecule has 1 N–H and O–H groups in total. The van der Waals surface area contributed by atoms with Gasteiger partial charge in [0, 0.05) is 32.7 Å². The van der Waals surface area contributed by atoms with Crippen LogP contribution < -0.4 is 10.1 Å². The second kappa shape index (κ2) is 9.92. The fourth-order valence-corrected chi connectivity index (χ4v) is 3.35. The molecule has 0 aromatic heterocycles. The second-order valence-corrected chi connectivity index (χ2v) is 8.44. The van der Waals surface area contributed by atoms with Gasteiger partial charge in [-0.15, -0.1) is 0 Å². The normalized spacial score (nSPS) is 17.0. The Morgan fingerprint density at radius 2 is 1.79 bits per heavy atom. The Morgan fingerprint density at radius 1 is 1.11 bits per heavy atom. The van der Waals surface area contributed by atoms with Crippen LogP contribution in [0.4, 0.5) is 0 Å². The summed E-state index contributed by atoms with van der Waals surface area (Å²) in [4.78, 5) is 28.6. The molecule has 1 aliphatic heterocycles. The summed E-state index contributed by atoms with van der Waals surface area (Å²) in [5.41, 5.74) is 1.32. The average molecular weight is 390 g/mol. The van der Waals surface area contributed by atoms with E-state index in [1.54, 1.807) is 6.92 Å². The lowest BCUT2D eigenvalue weighted by molar-refractivity contribution is -0.137. The van der Waals surface area contributed by atoms with Gasteiger partial charge in [-0.2, -0.15) is 0 Å². The molecule has 0 radical (unpaired) electrons. The van der Waals surface area contributed by atoms with Gasteiger partial charge in [-0.3, -0.25) is 14.5 Å². The van der Waals surface area contributed by atoms with Crippen LogP contribution in [-0.4, -0.2) is 67.0 Å². The number of benzene rings is 1. The number of carbonyl (C=O) groups is 2. The van der Waals surface area contributed by atoms with Crippen molar-refractivity contribution in [2.45, 2.75) is 52.6 Å². The molecule has 28 heavy (non-hydrogen) atoms. The summed E-state index contributed by atoms with van der Waals surface area (Å²) in [6.45, 7) is 14.1. The van der Waals surface area contributed by atoms with E-state index >= 15 is 0 Å². The van der Waals surface area contributed by atoms with Crippen molar-refractivity contribution in [2.75, 3.05) is 39.3 Å². The van der Waals surface area contributed by atoms with Crippen molar-refractivity contribution in [3.63, 3.8) is 0 Å². The molecule has 2 rings (SSSR count). The van der Waals surface area contributed by atoms with Crippen LogP contribution in [0.1, 0.15) is 46.6 Å². The van der Waals surface area contributed by atoms with Crippen molar-refractivity contribution < 1.29 is 14.3 Å². The first-order valence-electron chi connectivity index (χ1n) is 10.3. The van der Waals surface area contributed by atoms with Crippen LogP contribution in [0.25, 0.3) is 0 Å². The molecule has 0 aliphatic carbocycles. The van der Waals surface area contributed by atoms with E-state index in [-0.39, 0.29) is 17.2 Å². The highest BCUT2D eigenvalue weighted by atomic mass is 16.5. The van der Waals surface area contributed by atoms with E-state index in [1.807, 2.05) is 24.0 Å². The third-order valence-corrected chi connectivity index (χ3v) is 5.02. The Balaban J connectivity index is 1.88. The molecule has 1 aliphatic rings. The minimum Gasteiger partial charge on any atom is -0.481 e. The molecule has 2 amide bonds. The molecule has 1 fully saturated rings. The lowest BCUT2D eigenvalue weighted by atomic mass is 9.87. The monoisotopic (exact) mass is 389 g/mol. The zero-order valence-electron chi connectivity index (χ0n) is 18.0. The van der Waals surface area contributed by atoms with E-state index < -0.39 is 6.10 Å². The lowest BCUT2D eigenvalue weighted by Crippen LogP contribution is -2.43. The standard InChI is InChI=1S/C22H35N3O3/c1-6-23-20(26)16-24-12-7-13-25(15-14-24)21(27)17(2)28-19-10-8-18(9-11-19)22(3,4)5/h8-11,17H,6-7,12-16H2,1-5H3,(H,23,26)/t17-/m0/s1. The maximum atomic E-state index is 12.8. The molecule has 156 valence electrons. The van der Waals surface area contributed by atoms with Crippen LogP contribution in [0.2, 0.25) is 0 Å². The van der Waals surface area contributed by atoms with Crippen LogP contribution >= 0.6 is 0 Å². The largest absolute Gasteiger partial charge is 0.481 e. The number of hydrogen-bond donors (Lipinski definition) is 1. The number of carbonyl (C=O) groups excluding carboxylic acids is 2. The molecule has 6 heteroatoms. The molecule has 1 aromatic rings. The van der Waals surface area contributed by atoms with E-state index in [4.69, 9.17) is 4.74 Å². The van der Waals surface area contributed by atoms with Gasteiger partial charge in [0.05, 0.1) is 6.54 Å². The van der Waals surface area contributed by atoms with E-state index in [1.165, 1.54) is 5.56 Å². The Labute approximate surface area is 169 Å². The smallest absolute Gasteiger partial charge is 0.263 e. The fourth-order valence-electron chi connectivity index (χ4n) is 3.35. The van der Waals surface area contributed by atoms with Gasteiger partial charge in [0.15, 0.2) is 6.10 Å². The van der Waals surface area contributed by atoms with Gasteiger partial charge in [0.1, 0.15) is 5.75 Å². The highest BCUT2D eigenvalue weighted by molar-refractivity contribution is 5.81. The summed E-state index contributed by atoms with van der Waals surface area (Å²) in [7, 11) is 0. The SMILES string of the molecule is CCNC(=O)CN1CCCN(C(=O)[C@H](C)Oc2ccc(C(C)(C)C)cc2)CC1. The van der Waals surface area contributed by atoms with Crippen LogP contribution in [0.5, 0.6) is 5.75 Å². The van der Waals surface area contributed by atoms with Crippen molar-refractivity contribution >= 4 is 11.8 Å². The molecular formula is C22H35N3O3. The van der Waals surface area contributed by atoms with Gasteiger partial charge < -0.3 is 15.0 Å². The van der Waals surface area contributed by atoms with Crippen molar-refractivity contribution in [1.29, 1.82) is 0 Å². The maximum Gasteiger partial charge on any atom is 0.263 e. The second-order valence-electron chi connectivity index (χ2n) is 8.44. The number of ether oxygens (including phenoxy) is 1. The first kappa shape index (κ1) is 22.2.